The number of rotatable bonds is 1. The minimum Gasteiger partial charge on any atom is -0.453 e. The van der Waals surface area contributed by atoms with Crippen LogP contribution in [0.1, 0.15) is 10.4 Å². The zero-order chi connectivity index (χ0) is 14.8. The Balaban J connectivity index is 1.70. The number of piperazine rings is 1. The summed E-state index contributed by atoms with van der Waals surface area (Å²) >= 11 is 0. The van der Waals surface area contributed by atoms with Crippen molar-refractivity contribution in [1.82, 2.24) is 14.8 Å². The van der Waals surface area contributed by atoms with Gasteiger partial charge in [-0.2, -0.15) is 0 Å². The van der Waals surface area contributed by atoms with Crippen molar-refractivity contribution in [3.8, 4) is 0 Å². The van der Waals surface area contributed by atoms with E-state index in [9.17, 15) is 9.59 Å². The van der Waals surface area contributed by atoms with Crippen molar-refractivity contribution in [3.63, 3.8) is 0 Å². The molecule has 0 bridgehead atoms. The maximum atomic E-state index is 12.4. The minimum atomic E-state index is -0.355. The first kappa shape index (κ1) is 13.4. The van der Waals surface area contributed by atoms with Crippen molar-refractivity contribution in [3.05, 3.63) is 30.2 Å². The van der Waals surface area contributed by atoms with E-state index in [0.717, 1.165) is 0 Å². The molecule has 0 unspecified atom stereocenters. The average molecular weight is 289 g/mol. The summed E-state index contributed by atoms with van der Waals surface area (Å²) in [5.41, 5.74) is 1.89. The Hall–Kier alpha value is -2.57. The van der Waals surface area contributed by atoms with Gasteiger partial charge in [0.1, 0.15) is 5.52 Å². The van der Waals surface area contributed by atoms with Crippen molar-refractivity contribution < 1.29 is 18.7 Å². The zero-order valence-corrected chi connectivity index (χ0v) is 11.6. The highest BCUT2D eigenvalue weighted by Gasteiger charge is 2.25. The summed E-state index contributed by atoms with van der Waals surface area (Å²) < 4.78 is 9.83. The number of hydrogen-bond acceptors (Lipinski definition) is 5. The number of fused-ring (bicyclic) bond motifs is 1. The van der Waals surface area contributed by atoms with Gasteiger partial charge in [-0.15, -0.1) is 0 Å². The molecule has 1 saturated heterocycles. The predicted octanol–water partition coefficient (Wildman–Crippen LogP) is 1.35. The first-order chi connectivity index (χ1) is 10.2. The van der Waals surface area contributed by atoms with Crippen molar-refractivity contribution in [2.24, 2.45) is 0 Å². The third-order valence-corrected chi connectivity index (χ3v) is 3.58. The van der Waals surface area contributed by atoms with E-state index in [1.165, 1.54) is 13.5 Å². The molecule has 0 spiro atoms. The van der Waals surface area contributed by atoms with Crippen LogP contribution in [0.2, 0.25) is 0 Å². The van der Waals surface area contributed by atoms with Gasteiger partial charge in [-0.25, -0.2) is 9.78 Å². The fourth-order valence-corrected chi connectivity index (χ4v) is 2.39. The Morgan fingerprint density at radius 3 is 2.62 bits per heavy atom. The van der Waals surface area contributed by atoms with E-state index < -0.39 is 0 Å². The lowest BCUT2D eigenvalue weighted by molar-refractivity contribution is 0.0600. The molecule has 1 aromatic carbocycles. The molecule has 3 rings (SSSR count). The lowest BCUT2D eigenvalue weighted by atomic mass is 10.1. The van der Waals surface area contributed by atoms with Crippen LogP contribution < -0.4 is 0 Å². The van der Waals surface area contributed by atoms with Gasteiger partial charge in [-0.3, -0.25) is 4.79 Å². The third-order valence-electron chi connectivity index (χ3n) is 3.58. The largest absolute Gasteiger partial charge is 0.453 e. The minimum absolute atomic E-state index is 0.0654. The van der Waals surface area contributed by atoms with Crippen molar-refractivity contribution in [1.29, 1.82) is 0 Å². The van der Waals surface area contributed by atoms with Gasteiger partial charge in [-0.1, -0.05) is 0 Å². The molecule has 2 aromatic rings. The van der Waals surface area contributed by atoms with Crippen molar-refractivity contribution in [2.75, 3.05) is 33.3 Å². The molecule has 110 valence electrons. The van der Waals surface area contributed by atoms with Crippen LogP contribution in [0, 0.1) is 0 Å². The molecule has 0 radical (unpaired) electrons. The van der Waals surface area contributed by atoms with Crippen LogP contribution >= 0.6 is 0 Å². The smallest absolute Gasteiger partial charge is 0.409 e. The molecule has 2 heterocycles. The molecule has 7 nitrogen and oxygen atoms in total. The fourth-order valence-electron chi connectivity index (χ4n) is 2.39. The van der Waals surface area contributed by atoms with Gasteiger partial charge in [0.05, 0.1) is 7.11 Å². The summed E-state index contributed by atoms with van der Waals surface area (Å²) in [5.74, 6) is -0.0654. The summed E-state index contributed by atoms with van der Waals surface area (Å²) in [6, 6.07) is 5.18. The Morgan fingerprint density at radius 1 is 1.19 bits per heavy atom. The Labute approximate surface area is 121 Å². The molecule has 21 heavy (non-hydrogen) atoms. The Bertz CT molecular complexity index is 674. The number of oxazole rings is 1. The molecule has 2 amide bonds. The molecule has 1 aromatic heterocycles. The number of hydrogen-bond donors (Lipinski definition) is 0. The van der Waals surface area contributed by atoms with Gasteiger partial charge in [-0.05, 0) is 18.2 Å². The van der Waals surface area contributed by atoms with E-state index in [0.29, 0.717) is 42.8 Å². The van der Waals surface area contributed by atoms with Crippen LogP contribution in [0.3, 0.4) is 0 Å². The van der Waals surface area contributed by atoms with Gasteiger partial charge in [0.25, 0.3) is 5.91 Å². The monoisotopic (exact) mass is 289 g/mol. The van der Waals surface area contributed by atoms with E-state index in [4.69, 9.17) is 4.42 Å². The summed E-state index contributed by atoms with van der Waals surface area (Å²) in [5, 5.41) is 0. The molecular formula is C14H15N3O4. The van der Waals surface area contributed by atoms with Gasteiger partial charge in [0.2, 0.25) is 0 Å². The van der Waals surface area contributed by atoms with E-state index in [1.807, 2.05) is 0 Å². The average Bonchev–Trinajstić information content (AvgIpc) is 3.01. The summed E-state index contributed by atoms with van der Waals surface area (Å²) in [4.78, 5) is 31.2. The Morgan fingerprint density at radius 2 is 1.90 bits per heavy atom. The first-order valence-electron chi connectivity index (χ1n) is 6.64. The number of amides is 2. The number of nitrogens with zero attached hydrogens (tertiary/aromatic N) is 3. The number of carbonyl (C=O) groups is 2. The van der Waals surface area contributed by atoms with Gasteiger partial charge in [0.15, 0.2) is 12.0 Å². The summed E-state index contributed by atoms with van der Waals surface area (Å²) in [6.45, 7) is 1.94. The molecule has 0 aliphatic carbocycles. The standard InChI is InChI=1S/C14H15N3O4/c1-20-14(19)17-6-4-16(5-7-17)13(18)10-2-3-12-11(8-10)15-9-21-12/h2-3,8-9H,4-7H2,1H3. The normalized spacial score (nSPS) is 15.3. The zero-order valence-electron chi connectivity index (χ0n) is 11.6. The van der Waals surface area contributed by atoms with Crippen LogP contribution in [-0.4, -0.2) is 60.1 Å². The second-order valence-electron chi connectivity index (χ2n) is 4.78. The number of carbonyl (C=O) groups excluding carboxylic acids is 2. The molecule has 1 fully saturated rings. The number of aromatic nitrogens is 1. The lowest BCUT2D eigenvalue weighted by Crippen LogP contribution is -2.50. The fraction of sp³-hybridized carbons (Fsp3) is 0.357. The maximum Gasteiger partial charge on any atom is 0.409 e. The van der Waals surface area contributed by atoms with Crippen molar-refractivity contribution in [2.45, 2.75) is 0 Å². The van der Waals surface area contributed by atoms with Gasteiger partial charge < -0.3 is 19.0 Å². The highest BCUT2D eigenvalue weighted by atomic mass is 16.5. The van der Waals surface area contributed by atoms with Gasteiger partial charge >= 0.3 is 6.09 Å². The molecule has 1 aliphatic rings. The van der Waals surface area contributed by atoms with Crippen LogP contribution in [0.5, 0.6) is 0 Å². The van der Waals surface area contributed by atoms with E-state index >= 15 is 0 Å². The number of methoxy groups -OCH3 is 1. The van der Waals surface area contributed by atoms with Crippen LogP contribution in [0.25, 0.3) is 11.1 Å². The third kappa shape index (κ3) is 2.54. The lowest BCUT2D eigenvalue weighted by Gasteiger charge is -2.33. The molecule has 1 aliphatic heterocycles. The molecule has 0 saturated carbocycles. The predicted molar refractivity (Wildman–Crippen MR) is 73.9 cm³/mol. The number of benzene rings is 1. The van der Waals surface area contributed by atoms with E-state index in [-0.39, 0.29) is 12.0 Å². The highest BCUT2D eigenvalue weighted by molar-refractivity contribution is 5.97. The van der Waals surface area contributed by atoms with Crippen LogP contribution in [-0.2, 0) is 4.74 Å². The van der Waals surface area contributed by atoms with Crippen LogP contribution in [0.4, 0.5) is 4.79 Å². The summed E-state index contributed by atoms with van der Waals surface area (Å²) in [6.07, 6.45) is 1.000. The highest BCUT2D eigenvalue weighted by Crippen LogP contribution is 2.16. The number of ether oxygens (including phenoxy) is 1. The molecular weight excluding hydrogens is 274 g/mol. The van der Waals surface area contributed by atoms with Crippen LogP contribution in [0.15, 0.2) is 29.0 Å². The molecule has 7 heteroatoms. The summed E-state index contributed by atoms with van der Waals surface area (Å²) in [7, 11) is 1.35. The topological polar surface area (TPSA) is 75.9 Å². The maximum absolute atomic E-state index is 12.4. The molecule has 0 atom stereocenters. The quantitative estimate of drug-likeness (QED) is 0.792. The van der Waals surface area contributed by atoms with E-state index in [2.05, 4.69) is 9.72 Å². The SMILES string of the molecule is COC(=O)N1CCN(C(=O)c2ccc3ocnc3c2)CC1. The van der Waals surface area contributed by atoms with E-state index in [1.54, 1.807) is 28.0 Å². The second kappa shape index (κ2) is 5.43. The Kier molecular flexibility index (Phi) is 3.47. The van der Waals surface area contributed by atoms with Crippen molar-refractivity contribution >= 4 is 23.1 Å². The first-order valence-corrected chi connectivity index (χ1v) is 6.64. The molecule has 0 N–H and O–H groups in total. The second-order valence-corrected chi connectivity index (χ2v) is 4.78. The van der Waals surface area contributed by atoms with Gasteiger partial charge in [0, 0.05) is 31.7 Å².